The standard InChI is InChI=1S/C10H14N2O2/c1-7(13)6-10(14)12-9-4-2-8(11)3-5-9/h2-5,7,13H,6,11H2,1H3,(H,12,14). The van der Waals surface area contributed by atoms with Crippen molar-refractivity contribution >= 4 is 17.3 Å². The van der Waals surface area contributed by atoms with E-state index in [1.165, 1.54) is 0 Å². The maximum atomic E-state index is 11.2. The summed E-state index contributed by atoms with van der Waals surface area (Å²) in [5, 5.41) is 11.6. The van der Waals surface area contributed by atoms with E-state index < -0.39 is 6.10 Å². The number of nitrogens with two attached hydrogens (primary N) is 1. The van der Waals surface area contributed by atoms with Crippen molar-refractivity contribution in [1.82, 2.24) is 0 Å². The zero-order valence-corrected chi connectivity index (χ0v) is 8.03. The van der Waals surface area contributed by atoms with E-state index in [1.54, 1.807) is 31.2 Å². The third-order valence-electron chi connectivity index (χ3n) is 1.68. The Kier molecular flexibility index (Phi) is 3.48. The van der Waals surface area contributed by atoms with Crippen LogP contribution < -0.4 is 11.1 Å². The molecule has 0 fully saturated rings. The quantitative estimate of drug-likeness (QED) is 0.628. The van der Waals surface area contributed by atoms with Gasteiger partial charge in [-0.3, -0.25) is 4.79 Å². The minimum absolute atomic E-state index is 0.102. The number of nitrogen functional groups attached to an aromatic ring is 1. The molecule has 1 rings (SSSR count). The molecule has 0 radical (unpaired) electrons. The Morgan fingerprint density at radius 2 is 2.07 bits per heavy atom. The lowest BCUT2D eigenvalue weighted by Gasteiger charge is -2.06. The van der Waals surface area contributed by atoms with Crippen molar-refractivity contribution in [2.75, 3.05) is 11.1 Å². The normalized spacial score (nSPS) is 12.1. The van der Waals surface area contributed by atoms with Gasteiger partial charge in [0, 0.05) is 11.4 Å². The molecule has 0 saturated carbocycles. The van der Waals surface area contributed by atoms with Gasteiger partial charge in [0.05, 0.1) is 12.5 Å². The molecule has 1 amide bonds. The molecule has 0 saturated heterocycles. The Balaban J connectivity index is 2.52. The van der Waals surface area contributed by atoms with Crippen molar-refractivity contribution in [2.24, 2.45) is 0 Å². The first-order valence-corrected chi connectivity index (χ1v) is 4.41. The summed E-state index contributed by atoms with van der Waals surface area (Å²) in [6.45, 7) is 1.57. The van der Waals surface area contributed by atoms with Crippen LogP contribution in [-0.4, -0.2) is 17.1 Å². The van der Waals surface area contributed by atoms with Gasteiger partial charge in [0.1, 0.15) is 0 Å². The molecule has 1 aromatic rings. The Labute approximate surface area is 82.7 Å². The van der Waals surface area contributed by atoms with Crippen LogP contribution in [0.3, 0.4) is 0 Å². The molecule has 4 N–H and O–H groups in total. The maximum Gasteiger partial charge on any atom is 0.226 e. The van der Waals surface area contributed by atoms with E-state index >= 15 is 0 Å². The van der Waals surface area contributed by atoms with Crippen molar-refractivity contribution < 1.29 is 9.90 Å². The van der Waals surface area contributed by atoms with Crippen molar-refractivity contribution in [3.8, 4) is 0 Å². The molecule has 0 aliphatic rings. The minimum atomic E-state index is -0.621. The number of carbonyl (C=O) groups excluding carboxylic acids is 1. The monoisotopic (exact) mass is 194 g/mol. The van der Waals surface area contributed by atoms with E-state index in [0.29, 0.717) is 11.4 Å². The fourth-order valence-corrected chi connectivity index (χ4v) is 1.05. The summed E-state index contributed by atoms with van der Waals surface area (Å²) >= 11 is 0. The zero-order valence-electron chi connectivity index (χ0n) is 8.03. The topological polar surface area (TPSA) is 75.3 Å². The molecule has 0 heterocycles. The van der Waals surface area contributed by atoms with E-state index in [-0.39, 0.29) is 12.3 Å². The molecule has 1 atom stereocenters. The SMILES string of the molecule is CC(O)CC(=O)Nc1ccc(N)cc1. The summed E-state index contributed by atoms with van der Waals surface area (Å²) in [5.41, 5.74) is 6.82. The highest BCUT2D eigenvalue weighted by Crippen LogP contribution is 2.10. The van der Waals surface area contributed by atoms with Crippen LogP contribution in [-0.2, 0) is 4.79 Å². The van der Waals surface area contributed by atoms with Gasteiger partial charge < -0.3 is 16.2 Å². The van der Waals surface area contributed by atoms with Crippen LogP contribution in [0.15, 0.2) is 24.3 Å². The molecule has 1 unspecified atom stereocenters. The Bertz CT molecular complexity index is 306. The first-order valence-electron chi connectivity index (χ1n) is 4.41. The van der Waals surface area contributed by atoms with Gasteiger partial charge in [0.2, 0.25) is 5.91 Å². The molecule has 4 heteroatoms. The molecular formula is C10H14N2O2. The van der Waals surface area contributed by atoms with E-state index in [0.717, 1.165) is 0 Å². The van der Waals surface area contributed by atoms with Crippen LogP contribution in [0.2, 0.25) is 0 Å². The Morgan fingerprint density at radius 3 is 2.57 bits per heavy atom. The second-order valence-corrected chi connectivity index (χ2v) is 3.22. The van der Waals surface area contributed by atoms with Gasteiger partial charge in [0.25, 0.3) is 0 Å². The van der Waals surface area contributed by atoms with Crippen molar-refractivity contribution in [1.29, 1.82) is 0 Å². The number of hydrogen-bond acceptors (Lipinski definition) is 3. The summed E-state index contributed by atoms with van der Waals surface area (Å²) in [6, 6.07) is 6.85. The molecule has 0 spiro atoms. The number of amides is 1. The third kappa shape index (κ3) is 3.45. The summed E-state index contributed by atoms with van der Waals surface area (Å²) < 4.78 is 0. The highest BCUT2D eigenvalue weighted by Gasteiger charge is 2.05. The van der Waals surface area contributed by atoms with Gasteiger partial charge in [-0.1, -0.05) is 0 Å². The number of anilines is 2. The smallest absolute Gasteiger partial charge is 0.226 e. The maximum absolute atomic E-state index is 11.2. The number of carbonyl (C=O) groups is 1. The van der Waals surface area contributed by atoms with Gasteiger partial charge >= 0.3 is 0 Å². The van der Waals surface area contributed by atoms with Crippen LogP contribution >= 0.6 is 0 Å². The lowest BCUT2D eigenvalue weighted by molar-refractivity contribution is -0.117. The minimum Gasteiger partial charge on any atom is -0.399 e. The van der Waals surface area contributed by atoms with E-state index in [2.05, 4.69) is 5.32 Å². The fourth-order valence-electron chi connectivity index (χ4n) is 1.05. The lowest BCUT2D eigenvalue weighted by Crippen LogP contribution is -2.17. The van der Waals surface area contributed by atoms with Crippen LogP contribution in [0.4, 0.5) is 11.4 Å². The number of hydrogen-bond donors (Lipinski definition) is 3. The summed E-state index contributed by atoms with van der Waals surface area (Å²) in [4.78, 5) is 11.2. The number of benzene rings is 1. The Hall–Kier alpha value is -1.55. The Morgan fingerprint density at radius 1 is 1.50 bits per heavy atom. The molecule has 76 valence electrons. The number of rotatable bonds is 3. The molecule has 0 aromatic heterocycles. The van der Waals surface area contributed by atoms with Gasteiger partial charge in [-0.2, -0.15) is 0 Å². The van der Waals surface area contributed by atoms with Crippen molar-refractivity contribution in [2.45, 2.75) is 19.4 Å². The predicted molar refractivity (Wildman–Crippen MR) is 55.8 cm³/mol. The van der Waals surface area contributed by atoms with E-state index in [4.69, 9.17) is 10.8 Å². The van der Waals surface area contributed by atoms with Crippen LogP contribution in [0, 0.1) is 0 Å². The first kappa shape index (κ1) is 10.5. The summed E-state index contributed by atoms with van der Waals surface area (Å²) in [5.74, 6) is -0.204. The second kappa shape index (κ2) is 4.62. The first-order chi connectivity index (χ1) is 6.58. The van der Waals surface area contributed by atoms with Crippen LogP contribution in [0.5, 0.6) is 0 Å². The van der Waals surface area contributed by atoms with Gasteiger partial charge in [0.15, 0.2) is 0 Å². The number of nitrogens with one attached hydrogen (secondary N) is 1. The molecule has 0 aliphatic carbocycles. The number of aliphatic hydroxyl groups excluding tert-OH is 1. The molecule has 4 nitrogen and oxygen atoms in total. The van der Waals surface area contributed by atoms with Gasteiger partial charge in [-0.25, -0.2) is 0 Å². The highest BCUT2D eigenvalue weighted by atomic mass is 16.3. The number of aliphatic hydroxyl groups is 1. The largest absolute Gasteiger partial charge is 0.399 e. The molecule has 14 heavy (non-hydrogen) atoms. The van der Waals surface area contributed by atoms with E-state index in [1.807, 2.05) is 0 Å². The van der Waals surface area contributed by atoms with Crippen molar-refractivity contribution in [3.63, 3.8) is 0 Å². The second-order valence-electron chi connectivity index (χ2n) is 3.22. The fraction of sp³-hybridized carbons (Fsp3) is 0.300. The van der Waals surface area contributed by atoms with Crippen LogP contribution in [0.1, 0.15) is 13.3 Å². The summed E-state index contributed by atoms with van der Waals surface area (Å²) in [7, 11) is 0. The molecule has 1 aromatic carbocycles. The molecule has 0 bridgehead atoms. The zero-order chi connectivity index (χ0) is 10.6. The average Bonchev–Trinajstić information content (AvgIpc) is 2.07. The summed E-state index contributed by atoms with van der Waals surface area (Å²) in [6.07, 6.45) is -0.520. The predicted octanol–water partition coefficient (Wildman–Crippen LogP) is 0.978. The van der Waals surface area contributed by atoms with Gasteiger partial charge in [-0.05, 0) is 31.2 Å². The van der Waals surface area contributed by atoms with Gasteiger partial charge in [-0.15, -0.1) is 0 Å². The highest BCUT2D eigenvalue weighted by molar-refractivity contribution is 5.91. The average molecular weight is 194 g/mol. The van der Waals surface area contributed by atoms with Crippen LogP contribution in [0.25, 0.3) is 0 Å². The molecular weight excluding hydrogens is 180 g/mol. The van der Waals surface area contributed by atoms with Crippen molar-refractivity contribution in [3.05, 3.63) is 24.3 Å². The molecule has 0 aliphatic heterocycles. The van der Waals surface area contributed by atoms with E-state index in [9.17, 15) is 4.79 Å². The third-order valence-corrected chi connectivity index (χ3v) is 1.68. The lowest BCUT2D eigenvalue weighted by atomic mass is 10.2.